The average Bonchev–Trinajstić information content (AvgIpc) is 3.23. The van der Waals surface area contributed by atoms with Gasteiger partial charge in [-0.15, -0.1) is 10.2 Å². The van der Waals surface area contributed by atoms with Crippen molar-refractivity contribution in [2.75, 3.05) is 12.4 Å². The fourth-order valence-electron chi connectivity index (χ4n) is 3.25. The van der Waals surface area contributed by atoms with Gasteiger partial charge in [0.2, 0.25) is 5.91 Å². The molecule has 1 N–H and O–H groups in total. The number of carbonyl (C=O) groups is 1. The zero-order chi connectivity index (χ0) is 22.5. The van der Waals surface area contributed by atoms with Crippen molar-refractivity contribution in [2.24, 2.45) is 0 Å². The van der Waals surface area contributed by atoms with Gasteiger partial charge in [-0.2, -0.15) is 0 Å². The summed E-state index contributed by atoms with van der Waals surface area (Å²) < 4.78 is 7.52. The fraction of sp³-hybridized carbons (Fsp3) is 0.160. The van der Waals surface area contributed by atoms with E-state index in [-0.39, 0.29) is 11.2 Å². The molecule has 1 atom stereocenters. The largest absolute Gasteiger partial charge is 0.496 e. The second-order valence-corrected chi connectivity index (χ2v) is 8.60. The van der Waals surface area contributed by atoms with Crippen LogP contribution in [0.1, 0.15) is 12.5 Å². The molecule has 3 aromatic carbocycles. The van der Waals surface area contributed by atoms with E-state index in [1.165, 1.54) is 11.8 Å². The van der Waals surface area contributed by atoms with Gasteiger partial charge in [-0.05, 0) is 50.2 Å². The first-order valence-electron chi connectivity index (χ1n) is 10.2. The van der Waals surface area contributed by atoms with Gasteiger partial charge in [-0.1, -0.05) is 59.8 Å². The first kappa shape index (κ1) is 21.6. The molecule has 0 aliphatic carbocycles. The number of benzene rings is 3. The van der Waals surface area contributed by atoms with Gasteiger partial charge < -0.3 is 10.1 Å². The van der Waals surface area contributed by atoms with Crippen LogP contribution in [0.25, 0.3) is 17.1 Å². The summed E-state index contributed by atoms with van der Waals surface area (Å²) in [5.74, 6) is 1.27. The molecule has 0 aliphatic rings. The Morgan fingerprint density at radius 3 is 2.38 bits per heavy atom. The fourth-order valence-corrected chi connectivity index (χ4v) is 4.12. The van der Waals surface area contributed by atoms with Crippen LogP contribution in [0.2, 0.25) is 0 Å². The third-order valence-electron chi connectivity index (χ3n) is 4.97. The maximum Gasteiger partial charge on any atom is 0.237 e. The van der Waals surface area contributed by atoms with E-state index in [9.17, 15) is 4.79 Å². The molecule has 0 saturated heterocycles. The number of hydrogen-bond donors (Lipinski definition) is 1. The molecule has 1 unspecified atom stereocenters. The van der Waals surface area contributed by atoms with Crippen LogP contribution in [0.3, 0.4) is 0 Å². The van der Waals surface area contributed by atoms with Crippen LogP contribution < -0.4 is 10.1 Å². The molecule has 1 amide bonds. The van der Waals surface area contributed by atoms with E-state index in [0.717, 1.165) is 22.5 Å². The highest BCUT2D eigenvalue weighted by Crippen LogP contribution is 2.34. The molecule has 0 fully saturated rings. The number of aromatic nitrogens is 3. The lowest BCUT2D eigenvalue weighted by molar-refractivity contribution is -0.115. The standard InChI is InChI=1S/C25H24N4O2S/c1-17-13-15-20(16-14-17)29-23(21-11-7-8-12-22(21)31-3)27-28-25(29)32-18(2)24(30)26-19-9-5-4-6-10-19/h4-16,18H,1-3H3,(H,26,30). The minimum absolute atomic E-state index is 0.0986. The Balaban J connectivity index is 1.70. The van der Waals surface area contributed by atoms with Crippen LogP contribution in [0, 0.1) is 6.92 Å². The van der Waals surface area contributed by atoms with Crippen molar-refractivity contribution in [3.05, 3.63) is 84.4 Å². The number of aryl methyl sites for hydroxylation is 1. The monoisotopic (exact) mass is 444 g/mol. The number of carbonyl (C=O) groups excluding carboxylic acids is 1. The minimum atomic E-state index is -0.380. The Bertz CT molecular complexity index is 1210. The van der Waals surface area contributed by atoms with Gasteiger partial charge in [0.1, 0.15) is 5.75 Å². The second-order valence-electron chi connectivity index (χ2n) is 7.29. The smallest absolute Gasteiger partial charge is 0.237 e. The van der Waals surface area contributed by atoms with Crippen molar-refractivity contribution in [3.63, 3.8) is 0 Å². The second kappa shape index (κ2) is 9.70. The normalized spacial score (nSPS) is 11.7. The lowest BCUT2D eigenvalue weighted by Gasteiger charge is -2.15. The Morgan fingerprint density at radius 1 is 0.969 bits per heavy atom. The van der Waals surface area contributed by atoms with Crippen LogP contribution in [-0.2, 0) is 4.79 Å². The number of methoxy groups -OCH3 is 1. The van der Waals surface area contributed by atoms with Gasteiger partial charge in [0.25, 0.3) is 0 Å². The highest BCUT2D eigenvalue weighted by molar-refractivity contribution is 8.00. The first-order chi connectivity index (χ1) is 15.6. The molecular formula is C25H24N4O2S. The van der Waals surface area contributed by atoms with E-state index >= 15 is 0 Å². The molecule has 6 nitrogen and oxygen atoms in total. The van der Waals surface area contributed by atoms with Crippen LogP contribution in [0.4, 0.5) is 5.69 Å². The topological polar surface area (TPSA) is 69.0 Å². The van der Waals surface area contributed by atoms with E-state index in [4.69, 9.17) is 4.74 Å². The SMILES string of the molecule is COc1ccccc1-c1nnc(SC(C)C(=O)Nc2ccccc2)n1-c1ccc(C)cc1. The summed E-state index contributed by atoms with van der Waals surface area (Å²) in [4.78, 5) is 12.8. The molecule has 0 saturated carbocycles. The van der Waals surface area contributed by atoms with E-state index < -0.39 is 0 Å². The third-order valence-corrected chi connectivity index (χ3v) is 6.01. The van der Waals surface area contributed by atoms with Crippen molar-refractivity contribution < 1.29 is 9.53 Å². The van der Waals surface area contributed by atoms with Gasteiger partial charge in [0.15, 0.2) is 11.0 Å². The zero-order valence-corrected chi connectivity index (χ0v) is 19.0. The van der Waals surface area contributed by atoms with Crippen molar-refractivity contribution in [2.45, 2.75) is 24.3 Å². The summed E-state index contributed by atoms with van der Waals surface area (Å²) in [5.41, 5.74) is 3.67. The number of ether oxygens (including phenoxy) is 1. The molecule has 7 heteroatoms. The lowest BCUT2D eigenvalue weighted by Crippen LogP contribution is -2.22. The Kier molecular flexibility index (Phi) is 6.56. The third kappa shape index (κ3) is 4.68. The van der Waals surface area contributed by atoms with Crippen molar-refractivity contribution in [3.8, 4) is 22.8 Å². The summed E-state index contributed by atoms with van der Waals surface area (Å²) in [6.45, 7) is 3.91. The quantitative estimate of drug-likeness (QED) is 0.388. The molecule has 0 bridgehead atoms. The molecule has 4 rings (SSSR count). The van der Waals surface area contributed by atoms with Crippen LogP contribution in [0.5, 0.6) is 5.75 Å². The maximum absolute atomic E-state index is 12.8. The summed E-state index contributed by atoms with van der Waals surface area (Å²) in [7, 11) is 1.64. The first-order valence-corrected chi connectivity index (χ1v) is 11.1. The molecular weight excluding hydrogens is 420 g/mol. The van der Waals surface area contributed by atoms with Crippen LogP contribution >= 0.6 is 11.8 Å². The van der Waals surface area contributed by atoms with Gasteiger partial charge in [-0.3, -0.25) is 9.36 Å². The molecule has 162 valence electrons. The predicted octanol–water partition coefficient (Wildman–Crippen LogP) is 5.37. The van der Waals surface area contributed by atoms with E-state index in [2.05, 4.69) is 15.5 Å². The Hall–Kier alpha value is -3.58. The molecule has 1 aromatic heterocycles. The number of anilines is 1. The number of rotatable bonds is 7. The van der Waals surface area contributed by atoms with E-state index in [0.29, 0.717) is 16.7 Å². The predicted molar refractivity (Wildman–Crippen MR) is 128 cm³/mol. The average molecular weight is 445 g/mol. The minimum Gasteiger partial charge on any atom is -0.496 e. The van der Waals surface area contributed by atoms with Gasteiger partial charge in [-0.25, -0.2) is 0 Å². The van der Waals surface area contributed by atoms with Crippen LogP contribution in [0.15, 0.2) is 84.0 Å². The maximum atomic E-state index is 12.8. The number of nitrogens with one attached hydrogen (secondary N) is 1. The molecule has 4 aromatic rings. The van der Waals surface area contributed by atoms with E-state index in [1.54, 1.807) is 7.11 Å². The van der Waals surface area contributed by atoms with Crippen molar-refractivity contribution >= 4 is 23.4 Å². The molecule has 32 heavy (non-hydrogen) atoms. The summed E-state index contributed by atoms with van der Waals surface area (Å²) >= 11 is 1.36. The molecule has 1 heterocycles. The number of nitrogens with zero attached hydrogens (tertiary/aromatic N) is 3. The summed E-state index contributed by atoms with van der Waals surface area (Å²) in [5, 5.41) is 12.1. The van der Waals surface area contributed by atoms with E-state index in [1.807, 2.05) is 97.3 Å². The summed E-state index contributed by atoms with van der Waals surface area (Å²) in [6, 6.07) is 25.3. The number of amides is 1. The molecule has 0 radical (unpaired) electrons. The lowest BCUT2D eigenvalue weighted by atomic mass is 10.1. The van der Waals surface area contributed by atoms with Gasteiger partial charge in [0.05, 0.1) is 17.9 Å². The number of thioether (sulfide) groups is 1. The van der Waals surface area contributed by atoms with Gasteiger partial charge >= 0.3 is 0 Å². The highest BCUT2D eigenvalue weighted by Gasteiger charge is 2.23. The van der Waals surface area contributed by atoms with Crippen molar-refractivity contribution in [1.82, 2.24) is 14.8 Å². The van der Waals surface area contributed by atoms with Gasteiger partial charge in [0, 0.05) is 11.4 Å². The number of hydrogen-bond acceptors (Lipinski definition) is 5. The highest BCUT2D eigenvalue weighted by atomic mass is 32.2. The Morgan fingerprint density at radius 2 is 1.66 bits per heavy atom. The molecule has 0 aliphatic heterocycles. The summed E-state index contributed by atoms with van der Waals surface area (Å²) in [6.07, 6.45) is 0. The van der Waals surface area contributed by atoms with Crippen molar-refractivity contribution in [1.29, 1.82) is 0 Å². The number of para-hydroxylation sites is 2. The Labute approximate surface area is 191 Å². The molecule has 0 spiro atoms. The van der Waals surface area contributed by atoms with Crippen LogP contribution in [-0.4, -0.2) is 33.0 Å². The zero-order valence-electron chi connectivity index (χ0n) is 18.1.